The van der Waals surface area contributed by atoms with Gasteiger partial charge >= 0.3 is 0 Å². The van der Waals surface area contributed by atoms with Crippen molar-refractivity contribution in [3.8, 4) is 0 Å². The van der Waals surface area contributed by atoms with Gasteiger partial charge in [0, 0.05) is 37.9 Å². The highest BCUT2D eigenvalue weighted by Crippen LogP contribution is 2.20. The lowest BCUT2D eigenvalue weighted by Gasteiger charge is -2.29. The number of aromatic nitrogens is 2. The maximum absolute atomic E-state index is 12.9. The van der Waals surface area contributed by atoms with Gasteiger partial charge in [-0.2, -0.15) is 0 Å². The quantitative estimate of drug-likeness (QED) is 0.684. The van der Waals surface area contributed by atoms with Gasteiger partial charge in [0.15, 0.2) is 0 Å². The van der Waals surface area contributed by atoms with E-state index in [4.69, 9.17) is 9.72 Å². The van der Waals surface area contributed by atoms with Crippen LogP contribution in [0, 0.1) is 0 Å². The molecule has 1 saturated heterocycles. The van der Waals surface area contributed by atoms with Crippen LogP contribution in [0.5, 0.6) is 0 Å². The number of anilines is 1. The van der Waals surface area contributed by atoms with Crippen LogP contribution < -0.4 is 4.90 Å². The summed E-state index contributed by atoms with van der Waals surface area (Å²) in [5.41, 5.74) is 3.90. The first-order valence-corrected chi connectivity index (χ1v) is 9.79. The largest absolute Gasteiger partial charge is 0.378 e. The minimum atomic E-state index is 0.00300. The second-order valence-electron chi connectivity index (χ2n) is 7.07. The monoisotopic (exact) mass is 378 g/mol. The number of rotatable bonds is 5. The summed E-state index contributed by atoms with van der Waals surface area (Å²) in [6.07, 6.45) is 0. The molecule has 28 heavy (non-hydrogen) atoms. The van der Waals surface area contributed by atoms with E-state index in [0.717, 1.165) is 55.4 Å². The molecule has 1 fully saturated rings. The van der Waals surface area contributed by atoms with E-state index in [2.05, 4.69) is 22.5 Å². The van der Waals surface area contributed by atoms with Crippen molar-refractivity contribution in [2.45, 2.75) is 20.0 Å². The Morgan fingerprint density at radius 2 is 1.82 bits per heavy atom. The van der Waals surface area contributed by atoms with Crippen molar-refractivity contribution < 1.29 is 9.53 Å². The number of hydrogen-bond donors (Lipinski definition) is 0. The van der Waals surface area contributed by atoms with Crippen LogP contribution >= 0.6 is 0 Å². The number of morpholine rings is 1. The number of hydrogen-bond acceptors (Lipinski definition) is 4. The first kappa shape index (κ1) is 18.5. The van der Waals surface area contributed by atoms with E-state index in [1.54, 1.807) is 4.90 Å². The third-order valence-electron chi connectivity index (χ3n) is 5.27. The number of nitrogens with zero attached hydrogens (tertiary/aromatic N) is 4. The lowest BCUT2D eigenvalue weighted by molar-refractivity contribution is 0.0780. The Balaban J connectivity index is 1.49. The molecule has 0 atom stereocenters. The van der Waals surface area contributed by atoms with Gasteiger partial charge in [0.25, 0.3) is 5.91 Å². The zero-order valence-corrected chi connectivity index (χ0v) is 16.5. The molecule has 146 valence electrons. The minimum Gasteiger partial charge on any atom is -0.378 e. The Labute approximate surface area is 165 Å². The highest BCUT2D eigenvalue weighted by Gasteiger charge is 2.17. The summed E-state index contributed by atoms with van der Waals surface area (Å²) in [7, 11) is 1.83. The van der Waals surface area contributed by atoms with Crippen molar-refractivity contribution in [3.63, 3.8) is 0 Å². The van der Waals surface area contributed by atoms with E-state index in [1.807, 2.05) is 49.5 Å². The van der Waals surface area contributed by atoms with Gasteiger partial charge in [-0.3, -0.25) is 4.79 Å². The third-order valence-corrected chi connectivity index (χ3v) is 5.27. The van der Waals surface area contributed by atoms with E-state index in [1.165, 1.54) is 0 Å². The number of ether oxygens (including phenoxy) is 1. The van der Waals surface area contributed by atoms with Crippen LogP contribution in [-0.4, -0.2) is 53.7 Å². The van der Waals surface area contributed by atoms with E-state index < -0.39 is 0 Å². The molecule has 2 heterocycles. The summed E-state index contributed by atoms with van der Waals surface area (Å²) in [4.78, 5) is 21.6. The van der Waals surface area contributed by atoms with Gasteiger partial charge in [-0.05, 0) is 43.3 Å². The second kappa shape index (κ2) is 8.02. The lowest BCUT2D eigenvalue weighted by atomic mass is 10.1. The number of imidazole rings is 1. The van der Waals surface area contributed by atoms with Crippen molar-refractivity contribution in [2.75, 3.05) is 38.3 Å². The molecular weight excluding hydrogens is 352 g/mol. The van der Waals surface area contributed by atoms with E-state index in [-0.39, 0.29) is 5.91 Å². The smallest absolute Gasteiger partial charge is 0.254 e. The minimum absolute atomic E-state index is 0.00300. The van der Waals surface area contributed by atoms with Gasteiger partial charge < -0.3 is 19.1 Å². The summed E-state index contributed by atoms with van der Waals surface area (Å²) < 4.78 is 7.57. The Hall–Kier alpha value is -2.86. The Morgan fingerprint density at radius 1 is 1.11 bits per heavy atom. The van der Waals surface area contributed by atoms with Crippen molar-refractivity contribution in [3.05, 3.63) is 59.9 Å². The molecule has 1 aromatic heterocycles. The third kappa shape index (κ3) is 3.60. The normalized spacial score (nSPS) is 14.4. The Bertz CT molecular complexity index is 958. The van der Waals surface area contributed by atoms with E-state index >= 15 is 0 Å². The van der Waals surface area contributed by atoms with Crippen LogP contribution in [-0.2, 0) is 17.8 Å². The number of fused-ring (bicyclic) bond motifs is 1. The number of carbonyl (C=O) groups excluding carboxylic acids is 1. The van der Waals surface area contributed by atoms with Gasteiger partial charge in [0.2, 0.25) is 0 Å². The molecule has 0 N–H and O–H groups in total. The van der Waals surface area contributed by atoms with Crippen molar-refractivity contribution in [2.24, 2.45) is 0 Å². The number of amides is 1. The first-order valence-electron chi connectivity index (χ1n) is 9.79. The van der Waals surface area contributed by atoms with Crippen molar-refractivity contribution in [1.29, 1.82) is 0 Å². The van der Waals surface area contributed by atoms with Gasteiger partial charge in [-0.1, -0.05) is 12.1 Å². The predicted molar refractivity (Wildman–Crippen MR) is 111 cm³/mol. The highest BCUT2D eigenvalue weighted by atomic mass is 16.5. The molecular formula is C22H26N4O2. The highest BCUT2D eigenvalue weighted by molar-refractivity contribution is 5.94. The number of para-hydroxylation sites is 2. The molecule has 0 aliphatic carbocycles. The summed E-state index contributed by atoms with van der Waals surface area (Å²) in [6.45, 7) is 6.69. The van der Waals surface area contributed by atoms with E-state index in [9.17, 15) is 4.79 Å². The molecule has 0 spiro atoms. The maximum atomic E-state index is 12.9. The van der Waals surface area contributed by atoms with Crippen LogP contribution in [0.1, 0.15) is 23.1 Å². The molecule has 6 heteroatoms. The second-order valence-corrected chi connectivity index (χ2v) is 7.07. The molecule has 0 saturated carbocycles. The molecule has 4 rings (SSSR count). The van der Waals surface area contributed by atoms with Gasteiger partial charge in [0.1, 0.15) is 5.82 Å². The summed E-state index contributed by atoms with van der Waals surface area (Å²) in [6, 6.07) is 16.0. The van der Waals surface area contributed by atoms with Crippen molar-refractivity contribution in [1.82, 2.24) is 14.5 Å². The topological polar surface area (TPSA) is 50.6 Å². The SMILES string of the molecule is CCn1c(CN(C)C(=O)c2ccc(N3CCOCC3)cc2)nc2ccccc21. The van der Waals surface area contributed by atoms with Crippen LogP contribution in [0.2, 0.25) is 0 Å². The van der Waals surface area contributed by atoms with Gasteiger partial charge in [0.05, 0.1) is 30.8 Å². The van der Waals surface area contributed by atoms with Crippen LogP contribution in [0.4, 0.5) is 5.69 Å². The van der Waals surface area contributed by atoms with Gasteiger partial charge in [-0.15, -0.1) is 0 Å². The average molecular weight is 378 g/mol. The molecule has 1 amide bonds. The van der Waals surface area contributed by atoms with Crippen LogP contribution in [0.3, 0.4) is 0 Å². The molecule has 0 bridgehead atoms. The number of aryl methyl sites for hydroxylation is 1. The first-order chi connectivity index (χ1) is 13.7. The summed E-state index contributed by atoms with van der Waals surface area (Å²) >= 11 is 0. The number of carbonyl (C=O) groups is 1. The molecule has 3 aromatic rings. The Morgan fingerprint density at radius 3 is 2.54 bits per heavy atom. The molecule has 1 aliphatic heterocycles. The van der Waals surface area contributed by atoms with E-state index in [0.29, 0.717) is 12.1 Å². The zero-order chi connectivity index (χ0) is 19.5. The maximum Gasteiger partial charge on any atom is 0.254 e. The summed E-state index contributed by atoms with van der Waals surface area (Å²) in [5.74, 6) is 0.910. The molecule has 0 radical (unpaired) electrons. The molecule has 6 nitrogen and oxygen atoms in total. The molecule has 2 aromatic carbocycles. The Kier molecular flexibility index (Phi) is 5.30. The summed E-state index contributed by atoms with van der Waals surface area (Å²) in [5, 5.41) is 0. The van der Waals surface area contributed by atoms with Crippen LogP contribution in [0.25, 0.3) is 11.0 Å². The molecule has 1 aliphatic rings. The van der Waals surface area contributed by atoms with Gasteiger partial charge in [-0.25, -0.2) is 4.98 Å². The number of benzene rings is 2. The average Bonchev–Trinajstić information content (AvgIpc) is 3.10. The zero-order valence-electron chi connectivity index (χ0n) is 16.5. The predicted octanol–water partition coefficient (Wildman–Crippen LogP) is 3.17. The lowest BCUT2D eigenvalue weighted by Crippen LogP contribution is -2.36. The van der Waals surface area contributed by atoms with Crippen LogP contribution in [0.15, 0.2) is 48.5 Å². The fourth-order valence-electron chi connectivity index (χ4n) is 3.74. The van der Waals surface area contributed by atoms with Crippen molar-refractivity contribution >= 4 is 22.6 Å². The fraction of sp³-hybridized carbons (Fsp3) is 0.364. The standard InChI is InChI=1S/C22H26N4O2/c1-3-26-20-7-5-4-6-19(20)23-21(26)16-24(2)22(27)17-8-10-18(11-9-17)25-12-14-28-15-13-25/h4-11H,3,12-16H2,1-2H3. The fourth-order valence-corrected chi connectivity index (χ4v) is 3.74. The molecule has 0 unspecified atom stereocenters.